The van der Waals surface area contributed by atoms with Crippen LogP contribution in [-0.2, 0) is 16.1 Å². The zero-order chi connectivity index (χ0) is 20.1. The second-order valence-electron chi connectivity index (χ2n) is 6.35. The lowest BCUT2D eigenvalue weighted by Gasteiger charge is -2.14. The highest BCUT2D eigenvalue weighted by molar-refractivity contribution is 5.98. The van der Waals surface area contributed by atoms with Crippen LogP contribution in [0.1, 0.15) is 21.5 Å². The van der Waals surface area contributed by atoms with Crippen molar-refractivity contribution in [3.8, 4) is 0 Å². The Hall–Kier alpha value is -3.45. The SMILES string of the molecule is Cc1ccc2cc(C(=O)N[C@@H](COCc3ccccc3)C(=O)O)c(=O)oc2c1. The number of fused-ring (bicyclic) bond motifs is 1. The highest BCUT2D eigenvalue weighted by Crippen LogP contribution is 2.15. The molecule has 0 bridgehead atoms. The van der Waals surface area contributed by atoms with Crippen LogP contribution >= 0.6 is 0 Å². The molecule has 3 rings (SSSR count). The van der Waals surface area contributed by atoms with E-state index in [0.29, 0.717) is 11.0 Å². The molecule has 1 amide bonds. The summed E-state index contributed by atoms with van der Waals surface area (Å²) in [5, 5.41) is 12.2. The molecule has 0 spiro atoms. The lowest BCUT2D eigenvalue weighted by molar-refractivity contribution is -0.141. The number of aryl methyl sites for hydroxylation is 1. The first-order valence-electron chi connectivity index (χ1n) is 8.64. The maximum absolute atomic E-state index is 12.4. The van der Waals surface area contributed by atoms with Crippen molar-refractivity contribution in [1.82, 2.24) is 5.32 Å². The number of carbonyl (C=O) groups is 2. The van der Waals surface area contributed by atoms with Crippen molar-refractivity contribution in [1.29, 1.82) is 0 Å². The van der Waals surface area contributed by atoms with Crippen LogP contribution in [0.15, 0.2) is 63.8 Å². The Morgan fingerprint density at radius 2 is 1.89 bits per heavy atom. The normalized spacial score (nSPS) is 11.9. The minimum absolute atomic E-state index is 0.206. The monoisotopic (exact) mass is 381 g/mol. The fourth-order valence-corrected chi connectivity index (χ4v) is 2.66. The van der Waals surface area contributed by atoms with Gasteiger partial charge in [0, 0.05) is 5.39 Å². The molecule has 28 heavy (non-hydrogen) atoms. The molecule has 1 heterocycles. The maximum atomic E-state index is 12.4. The molecule has 0 radical (unpaired) electrons. The molecule has 0 aliphatic heterocycles. The Morgan fingerprint density at radius 3 is 2.61 bits per heavy atom. The van der Waals surface area contributed by atoms with Crippen LogP contribution in [0, 0.1) is 6.92 Å². The van der Waals surface area contributed by atoms with Crippen molar-refractivity contribution < 1.29 is 23.8 Å². The van der Waals surface area contributed by atoms with E-state index in [0.717, 1.165) is 11.1 Å². The lowest BCUT2D eigenvalue weighted by Crippen LogP contribution is -2.45. The molecule has 7 heteroatoms. The van der Waals surface area contributed by atoms with E-state index in [1.807, 2.05) is 43.3 Å². The molecule has 2 N–H and O–H groups in total. The largest absolute Gasteiger partial charge is 0.480 e. The summed E-state index contributed by atoms with van der Waals surface area (Å²) in [6.45, 7) is 1.82. The van der Waals surface area contributed by atoms with Crippen LogP contribution in [0.25, 0.3) is 11.0 Å². The van der Waals surface area contributed by atoms with Crippen molar-refractivity contribution in [3.63, 3.8) is 0 Å². The van der Waals surface area contributed by atoms with Gasteiger partial charge in [0.05, 0.1) is 13.2 Å². The van der Waals surface area contributed by atoms with Gasteiger partial charge in [-0.25, -0.2) is 9.59 Å². The zero-order valence-corrected chi connectivity index (χ0v) is 15.2. The molecule has 144 valence electrons. The van der Waals surface area contributed by atoms with E-state index in [4.69, 9.17) is 9.15 Å². The predicted molar refractivity (Wildman–Crippen MR) is 102 cm³/mol. The fourth-order valence-electron chi connectivity index (χ4n) is 2.66. The number of amides is 1. The third-order valence-corrected chi connectivity index (χ3v) is 4.14. The summed E-state index contributed by atoms with van der Waals surface area (Å²) in [7, 11) is 0. The first kappa shape index (κ1) is 19.3. The highest BCUT2D eigenvalue weighted by atomic mass is 16.5. The van der Waals surface area contributed by atoms with E-state index in [9.17, 15) is 19.5 Å². The van der Waals surface area contributed by atoms with Gasteiger partial charge in [0.25, 0.3) is 5.91 Å². The van der Waals surface area contributed by atoms with E-state index in [1.54, 1.807) is 12.1 Å². The fraction of sp³-hybridized carbons (Fsp3) is 0.190. The van der Waals surface area contributed by atoms with Gasteiger partial charge in [-0.05, 0) is 30.2 Å². The summed E-state index contributed by atoms with van der Waals surface area (Å²) >= 11 is 0. The topological polar surface area (TPSA) is 106 Å². The number of carboxylic acid groups (broad SMARTS) is 1. The van der Waals surface area contributed by atoms with Gasteiger partial charge in [-0.3, -0.25) is 4.79 Å². The van der Waals surface area contributed by atoms with Crippen molar-refractivity contribution in [3.05, 3.63) is 81.7 Å². The van der Waals surface area contributed by atoms with E-state index < -0.39 is 23.5 Å². The van der Waals surface area contributed by atoms with Gasteiger partial charge in [0.2, 0.25) is 0 Å². The van der Waals surface area contributed by atoms with Crippen molar-refractivity contribution in [2.75, 3.05) is 6.61 Å². The molecule has 0 unspecified atom stereocenters. The average molecular weight is 381 g/mol. The third-order valence-electron chi connectivity index (χ3n) is 4.14. The number of carboxylic acids is 1. The number of aliphatic carboxylic acids is 1. The molecule has 0 fully saturated rings. The lowest BCUT2D eigenvalue weighted by atomic mass is 10.1. The minimum Gasteiger partial charge on any atom is -0.480 e. The molecule has 1 atom stereocenters. The van der Waals surface area contributed by atoms with Crippen LogP contribution in [0.2, 0.25) is 0 Å². The molecular weight excluding hydrogens is 362 g/mol. The summed E-state index contributed by atoms with van der Waals surface area (Å²) in [4.78, 5) is 36.0. The number of benzene rings is 2. The van der Waals surface area contributed by atoms with Crippen LogP contribution in [0.4, 0.5) is 0 Å². The molecule has 0 saturated carbocycles. The molecule has 1 aromatic heterocycles. The van der Waals surface area contributed by atoms with Gasteiger partial charge in [-0.2, -0.15) is 0 Å². The summed E-state index contributed by atoms with van der Waals surface area (Å²) in [6.07, 6.45) is 0. The van der Waals surface area contributed by atoms with E-state index in [2.05, 4.69) is 5.32 Å². The summed E-state index contributed by atoms with van der Waals surface area (Å²) < 4.78 is 10.6. The van der Waals surface area contributed by atoms with Crippen LogP contribution in [0.3, 0.4) is 0 Å². The van der Waals surface area contributed by atoms with Crippen molar-refractivity contribution in [2.24, 2.45) is 0 Å². The van der Waals surface area contributed by atoms with Crippen LogP contribution in [0.5, 0.6) is 0 Å². The Morgan fingerprint density at radius 1 is 1.14 bits per heavy atom. The quantitative estimate of drug-likeness (QED) is 0.609. The van der Waals surface area contributed by atoms with E-state index in [-0.39, 0.29) is 18.8 Å². The molecular formula is C21H19NO6. The summed E-state index contributed by atoms with van der Waals surface area (Å²) in [5.41, 5.74) is 1.07. The van der Waals surface area contributed by atoms with Crippen LogP contribution in [-0.4, -0.2) is 29.6 Å². The second kappa shape index (κ2) is 8.49. The molecule has 7 nitrogen and oxygen atoms in total. The van der Waals surface area contributed by atoms with Crippen LogP contribution < -0.4 is 10.9 Å². The van der Waals surface area contributed by atoms with Gasteiger partial charge in [-0.1, -0.05) is 42.5 Å². The van der Waals surface area contributed by atoms with E-state index >= 15 is 0 Å². The number of carbonyl (C=O) groups excluding carboxylic acids is 1. The molecule has 0 aliphatic carbocycles. The number of rotatable bonds is 7. The Balaban J connectivity index is 1.71. The Labute approximate surface area is 160 Å². The highest BCUT2D eigenvalue weighted by Gasteiger charge is 2.23. The number of ether oxygens (including phenoxy) is 1. The predicted octanol–water partition coefficient (Wildman–Crippen LogP) is 2.50. The first-order chi connectivity index (χ1) is 13.4. The van der Waals surface area contributed by atoms with Crippen molar-refractivity contribution >= 4 is 22.8 Å². The number of hydrogen-bond acceptors (Lipinski definition) is 5. The summed E-state index contributed by atoms with van der Waals surface area (Å²) in [6, 6.07) is 14.6. The Bertz CT molecular complexity index is 1060. The van der Waals surface area contributed by atoms with Gasteiger partial charge >= 0.3 is 11.6 Å². The number of nitrogens with one attached hydrogen (secondary N) is 1. The molecule has 3 aromatic rings. The molecule has 0 saturated heterocycles. The number of hydrogen-bond donors (Lipinski definition) is 2. The second-order valence-corrected chi connectivity index (χ2v) is 6.35. The molecule has 2 aromatic carbocycles. The van der Waals surface area contributed by atoms with E-state index in [1.165, 1.54) is 6.07 Å². The average Bonchev–Trinajstić information content (AvgIpc) is 2.67. The van der Waals surface area contributed by atoms with Gasteiger partial charge in [0.15, 0.2) is 6.04 Å². The summed E-state index contributed by atoms with van der Waals surface area (Å²) in [5.74, 6) is -2.09. The third kappa shape index (κ3) is 4.63. The smallest absolute Gasteiger partial charge is 0.349 e. The Kier molecular flexibility index (Phi) is 5.86. The minimum atomic E-state index is -1.30. The van der Waals surface area contributed by atoms with Gasteiger partial charge in [0.1, 0.15) is 11.1 Å². The first-order valence-corrected chi connectivity index (χ1v) is 8.64. The van der Waals surface area contributed by atoms with Crippen molar-refractivity contribution in [2.45, 2.75) is 19.6 Å². The maximum Gasteiger partial charge on any atom is 0.349 e. The van der Waals surface area contributed by atoms with Gasteiger partial charge < -0.3 is 19.6 Å². The standard InChI is InChI=1S/C21H19NO6/c1-13-7-8-15-10-16(21(26)28-18(15)9-13)19(23)22-17(20(24)25)12-27-11-14-5-3-2-4-6-14/h2-10,17H,11-12H2,1H3,(H,22,23)(H,24,25)/t17-/m0/s1. The van der Waals surface area contributed by atoms with Gasteiger partial charge in [-0.15, -0.1) is 0 Å². The molecule has 0 aliphatic rings. The zero-order valence-electron chi connectivity index (χ0n) is 15.2.